The van der Waals surface area contributed by atoms with E-state index in [9.17, 15) is 0 Å². The highest BCUT2D eigenvalue weighted by Gasteiger charge is 1.83. The highest BCUT2D eigenvalue weighted by Crippen LogP contribution is 2.02. The van der Waals surface area contributed by atoms with E-state index in [4.69, 9.17) is 0 Å². The van der Waals surface area contributed by atoms with Crippen molar-refractivity contribution in [3.8, 4) is 0 Å². The maximum absolute atomic E-state index is 3.66. The van der Waals surface area contributed by atoms with Gasteiger partial charge < -0.3 is 0 Å². The predicted molar refractivity (Wildman–Crippen MR) is 147 cm³/mol. The Hall–Kier alpha value is -1.04. The van der Waals surface area contributed by atoms with Crippen LogP contribution >= 0.6 is 0 Å². The van der Waals surface area contributed by atoms with Crippen LogP contribution in [0.15, 0.2) is 50.6 Å². The van der Waals surface area contributed by atoms with E-state index in [0.29, 0.717) is 0 Å². The molecule has 0 fully saturated rings. The van der Waals surface area contributed by atoms with Crippen LogP contribution in [0.25, 0.3) is 0 Å². The lowest BCUT2D eigenvalue weighted by molar-refractivity contribution is 0.675. The van der Waals surface area contributed by atoms with E-state index >= 15 is 0 Å². The summed E-state index contributed by atoms with van der Waals surface area (Å²) in [5.74, 6) is 0. The Labute approximate surface area is 194 Å². The minimum Gasteiger partial charge on any atom is -0.103 e. The lowest BCUT2D eigenvalue weighted by Gasteiger charge is -1.91. The smallest absolute Gasteiger partial charge is 0.0353 e. The molecule has 0 spiro atoms. The lowest BCUT2D eigenvalue weighted by atomic mass is 10.2. The van der Waals surface area contributed by atoms with Gasteiger partial charge in [-0.15, -0.1) is 26.3 Å². The minimum atomic E-state index is 1.18. The molecule has 0 aliphatic rings. The van der Waals surface area contributed by atoms with Crippen LogP contribution in [0.4, 0.5) is 0 Å². The molecule has 0 saturated heterocycles. The number of hydrogen-bond donors (Lipinski definition) is 0. The highest BCUT2D eigenvalue weighted by molar-refractivity contribution is 4.66. The molecule has 0 nitrogen and oxygen atoms in total. The summed E-state index contributed by atoms with van der Waals surface area (Å²) in [5, 5.41) is 0. The van der Waals surface area contributed by atoms with Crippen molar-refractivity contribution in [2.24, 2.45) is 0 Å². The normalized spacial score (nSPS) is 8.93. The summed E-state index contributed by atoms with van der Waals surface area (Å²) in [6.07, 6.45) is 31.6. The van der Waals surface area contributed by atoms with Crippen LogP contribution in [-0.2, 0) is 0 Å². The van der Waals surface area contributed by atoms with Gasteiger partial charge in [-0.3, -0.25) is 0 Å². The van der Waals surface area contributed by atoms with E-state index in [1.807, 2.05) is 24.3 Å². The summed E-state index contributed by atoms with van der Waals surface area (Å²) in [5.41, 5.74) is 0. The molecule has 0 unspecified atom stereocenters. The zero-order valence-corrected chi connectivity index (χ0v) is 21.9. The number of hydrogen-bond acceptors (Lipinski definition) is 0. The third-order valence-corrected chi connectivity index (χ3v) is 4.55. The van der Waals surface area contributed by atoms with Crippen LogP contribution < -0.4 is 0 Å². The molecule has 0 N–H and O–H groups in total. The van der Waals surface area contributed by atoms with Crippen molar-refractivity contribution in [1.82, 2.24) is 0 Å². The zero-order chi connectivity index (χ0) is 23.6. The fourth-order valence-corrected chi connectivity index (χ4v) is 2.49. The fraction of sp³-hybridized carbons (Fsp3) is 0.733. The monoisotopic (exact) mass is 420 g/mol. The average molecular weight is 421 g/mol. The molecule has 0 rings (SSSR count). The van der Waals surface area contributed by atoms with Gasteiger partial charge in [0.25, 0.3) is 0 Å². The highest BCUT2D eigenvalue weighted by atomic mass is 13.9. The Kier molecular flexibility index (Phi) is 56.0. The number of unbranched alkanes of at least 4 members (excludes halogenated alkanes) is 14. The molecular formula is C30H60. The van der Waals surface area contributed by atoms with Gasteiger partial charge in [0.1, 0.15) is 0 Å². The van der Waals surface area contributed by atoms with Crippen molar-refractivity contribution in [1.29, 1.82) is 0 Å². The Morgan fingerprint density at radius 1 is 0.333 bits per heavy atom. The Balaban J connectivity index is -0.000000151. The lowest BCUT2D eigenvalue weighted by Crippen LogP contribution is -1.71. The Morgan fingerprint density at radius 3 is 0.733 bits per heavy atom. The van der Waals surface area contributed by atoms with Gasteiger partial charge in [-0.2, -0.15) is 0 Å². The van der Waals surface area contributed by atoms with Crippen molar-refractivity contribution < 1.29 is 0 Å². The van der Waals surface area contributed by atoms with E-state index in [2.05, 4.69) is 54.0 Å². The standard InChI is InChI=1S/3C8H16.C6H12/c3*1-3-5-7-8-6-4-2;1-3-5-6-4-2/h3*3H,1,4-8H2,2H3;3H,1,4-6H2,2H3. The first-order valence-corrected chi connectivity index (χ1v) is 13.1. The molecular weight excluding hydrogens is 360 g/mol. The summed E-state index contributed by atoms with van der Waals surface area (Å²) >= 11 is 0. The first-order chi connectivity index (χ1) is 14.7. The summed E-state index contributed by atoms with van der Waals surface area (Å²) in [6.45, 7) is 23.4. The topological polar surface area (TPSA) is 0 Å². The molecule has 0 atom stereocenters. The molecule has 0 saturated carbocycles. The van der Waals surface area contributed by atoms with E-state index < -0.39 is 0 Å². The van der Waals surface area contributed by atoms with Gasteiger partial charge >= 0.3 is 0 Å². The molecule has 180 valence electrons. The van der Waals surface area contributed by atoms with Gasteiger partial charge in [-0.25, -0.2) is 0 Å². The van der Waals surface area contributed by atoms with Crippen molar-refractivity contribution in [2.75, 3.05) is 0 Å². The maximum atomic E-state index is 3.66. The van der Waals surface area contributed by atoms with Crippen LogP contribution in [0, 0.1) is 0 Å². The van der Waals surface area contributed by atoms with Gasteiger partial charge in [0.05, 0.1) is 0 Å². The van der Waals surface area contributed by atoms with Crippen molar-refractivity contribution in [3.63, 3.8) is 0 Å². The molecule has 30 heavy (non-hydrogen) atoms. The van der Waals surface area contributed by atoms with Gasteiger partial charge in [-0.05, 0) is 44.9 Å². The maximum Gasteiger partial charge on any atom is -0.0353 e. The second-order valence-corrected chi connectivity index (χ2v) is 7.84. The minimum absolute atomic E-state index is 1.18. The molecule has 0 heterocycles. The van der Waals surface area contributed by atoms with Gasteiger partial charge in [-0.1, -0.05) is 123 Å². The quantitative estimate of drug-likeness (QED) is 0.153. The SMILES string of the molecule is C=CCCCC.C=CCCCCCC.C=CCCCCCC.C=CCCCCCC. The van der Waals surface area contributed by atoms with E-state index in [1.54, 1.807) is 0 Å². The summed E-state index contributed by atoms with van der Waals surface area (Å²) in [6, 6.07) is 0. The summed E-state index contributed by atoms with van der Waals surface area (Å²) in [4.78, 5) is 0. The van der Waals surface area contributed by atoms with Crippen LogP contribution in [0.3, 0.4) is 0 Å². The summed E-state index contributed by atoms with van der Waals surface area (Å²) < 4.78 is 0. The molecule has 0 aromatic rings. The molecule has 0 bridgehead atoms. The second kappa shape index (κ2) is 46.3. The molecule has 0 aromatic carbocycles. The largest absolute Gasteiger partial charge is 0.103 e. The molecule has 0 aromatic heterocycles. The number of allylic oxidation sites excluding steroid dienone is 4. The second-order valence-electron chi connectivity index (χ2n) is 7.84. The summed E-state index contributed by atoms with van der Waals surface area (Å²) in [7, 11) is 0. The van der Waals surface area contributed by atoms with E-state index in [1.165, 1.54) is 116 Å². The predicted octanol–water partition coefficient (Wildman–Crippen LogP) is 11.8. The fourth-order valence-electron chi connectivity index (χ4n) is 2.49. The van der Waals surface area contributed by atoms with E-state index in [-0.39, 0.29) is 0 Å². The third-order valence-electron chi connectivity index (χ3n) is 4.55. The van der Waals surface area contributed by atoms with Gasteiger partial charge in [0.15, 0.2) is 0 Å². The molecule has 0 radical (unpaired) electrons. The molecule has 0 heteroatoms. The Bertz CT molecular complexity index is 248. The van der Waals surface area contributed by atoms with Crippen molar-refractivity contribution in [2.45, 2.75) is 143 Å². The van der Waals surface area contributed by atoms with Crippen molar-refractivity contribution >= 4 is 0 Å². The first-order valence-electron chi connectivity index (χ1n) is 13.1. The Morgan fingerprint density at radius 2 is 0.567 bits per heavy atom. The zero-order valence-electron chi connectivity index (χ0n) is 21.9. The van der Waals surface area contributed by atoms with Gasteiger partial charge in [0, 0.05) is 0 Å². The van der Waals surface area contributed by atoms with Crippen LogP contribution in [-0.4, -0.2) is 0 Å². The molecule has 0 amide bonds. The molecule has 0 aliphatic heterocycles. The molecule has 0 aliphatic carbocycles. The van der Waals surface area contributed by atoms with Gasteiger partial charge in [0.2, 0.25) is 0 Å². The first kappa shape index (κ1) is 36.3. The van der Waals surface area contributed by atoms with Crippen LogP contribution in [0.5, 0.6) is 0 Å². The van der Waals surface area contributed by atoms with Crippen LogP contribution in [0.2, 0.25) is 0 Å². The number of rotatable bonds is 18. The van der Waals surface area contributed by atoms with E-state index in [0.717, 1.165) is 0 Å². The van der Waals surface area contributed by atoms with Crippen LogP contribution in [0.1, 0.15) is 143 Å². The average Bonchev–Trinajstić information content (AvgIpc) is 2.77. The van der Waals surface area contributed by atoms with Crippen molar-refractivity contribution in [3.05, 3.63) is 50.6 Å². The third kappa shape index (κ3) is 63.2.